The summed E-state index contributed by atoms with van der Waals surface area (Å²) in [6, 6.07) is 7.85. The molecule has 0 unspecified atom stereocenters. The summed E-state index contributed by atoms with van der Waals surface area (Å²) < 4.78 is 78.6. The fraction of sp³-hybridized carbons (Fsp3) is 0.235. The van der Waals surface area contributed by atoms with Crippen LogP contribution in [0.1, 0.15) is 30.4 Å². The van der Waals surface area contributed by atoms with E-state index in [4.69, 9.17) is 5.41 Å². The second-order valence-electron chi connectivity index (χ2n) is 5.71. The van der Waals surface area contributed by atoms with E-state index >= 15 is 0 Å². The van der Waals surface area contributed by atoms with Crippen LogP contribution in [0.4, 0.5) is 23.2 Å². The lowest BCUT2D eigenvalue weighted by atomic mass is 9.98. The Hall–Kier alpha value is -2.42. The molecule has 0 aliphatic carbocycles. The van der Waals surface area contributed by atoms with Crippen molar-refractivity contribution in [3.05, 3.63) is 59.4 Å². The molecule has 26 heavy (non-hydrogen) atoms. The van der Waals surface area contributed by atoms with Crippen molar-refractivity contribution in [1.82, 2.24) is 0 Å². The summed E-state index contributed by atoms with van der Waals surface area (Å²) in [6.45, 7) is 1.86. The van der Waals surface area contributed by atoms with E-state index in [2.05, 4.69) is 4.72 Å². The summed E-state index contributed by atoms with van der Waals surface area (Å²) in [5.41, 5.74) is -0.713. The van der Waals surface area contributed by atoms with E-state index in [-0.39, 0.29) is 17.7 Å². The molecule has 9 heteroatoms. The van der Waals surface area contributed by atoms with Crippen LogP contribution in [0.3, 0.4) is 0 Å². The Kier molecular flexibility index (Phi) is 5.70. The van der Waals surface area contributed by atoms with Gasteiger partial charge in [0.2, 0.25) is 0 Å². The minimum absolute atomic E-state index is 0.0281. The first-order valence-corrected chi connectivity index (χ1v) is 9.01. The molecule has 0 spiro atoms. The predicted molar refractivity (Wildman–Crippen MR) is 90.5 cm³/mol. The highest BCUT2D eigenvalue weighted by atomic mass is 32.2. The van der Waals surface area contributed by atoms with Crippen molar-refractivity contribution in [1.29, 1.82) is 5.41 Å². The van der Waals surface area contributed by atoms with Crippen molar-refractivity contribution in [2.45, 2.75) is 30.3 Å². The van der Waals surface area contributed by atoms with E-state index in [1.807, 2.05) is 6.92 Å². The van der Waals surface area contributed by atoms with Crippen LogP contribution in [-0.4, -0.2) is 14.6 Å². The molecule has 2 N–H and O–H groups in total. The number of hydrogen-bond acceptors (Lipinski definition) is 3. The molecule has 0 amide bonds. The Morgan fingerprint density at radius 1 is 1.19 bits per heavy atom. The van der Waals surface area contributed by atoms with E-state index in [9.17, 15) is 26.0 Å². The molecule has 0 radical (unpaired) electrons. The number of benzene rings is 2. The average molecular weight is 388 g/mol. The zero-order valence-corrected chi connectivity index (χ0v) is 14.5. The number of anilines is 1. The highest BCUT2D eigenvalue weighted by molar-refractivity contribution is 7.92. The Morgan fingerprint density at radius 2 is 1.88 bits per heavy atom. The number of sulfonamides is 1. The molecule has 2 aromatic carbocycles. The van der Waals surface area contributed by atoms with Gasteiger partial charge < -0.3 is 5.41 Å². The summed E-state index contributed by atoms with van der Waals surface area (Å²) in [5.74, 6) is -1.57. The van der Waals surface area contributed by atoms with E-state index in [1.165, 1.54) is 12.3 Å². The fourth-order valence-electron chi connectivity index (χ4n) is 2.32. The molecule has 0 bridgehead atoms. The van der Waals surface area contributed by atoms with Crippen LogP contribution in [0.2, 0.25) is 0 Å². The first-order chi connectivity index (χ1) is 12.0. The summed E-state index contributed by atoms with van der Waals surface area (Å²) in [5, 5.41) is 7.12. The van der Waals surface area contributed by atoms with Gasteiger partial charge in [-0.25, -0.2) is 12.8 Å². The molecule has 0 saturated heterocycles. The molecule has 0 heterocycles. The van der Waals surface area contributed by atoms with E-state index in [1.54, 1.807) is 18.2 Å². The van der Waals surface area contributed by atoms with Gasteiger partial charge in [-0.1, -0.05) is 19.1 Å². The topological polar surface area (TPSA) is 70.0 Å². The maximum Gasteiger partial charge on any atom is 0.419 e. The molecule has 2 rings (SSSR count). The van der Waals surface area contributed by atoms with E-state index in [0.717, 1.165) is 11.6 Å². The molecule has 0 fully saturated rings. The standard InChI is InChI=1S/C17H16F4N2O2S/c1-11(7-8-22)12-3-2-4-13(9-12)23-26(24,25)14-5-6-16(18)15(10-14)17(19,20)21/h2-6,8-11,22-23H,7H2,1H3/t11-/m0/s1. The van der Waals surface area contributed by atoms with Gasteiger partial charge in [-0.2, -0.15) is 13.2 Å². The van der Waals surface area contributed by atoms with Crippen LogP contribution in [-0.2, 0) is 16.2 Å². The van der Waals surface area contributed by atoms with Crippen LogP contribution in [0.5, 0.6) is 0 Å². The third-order valence-corrected chi connectivity index (χ3v) is 5.11. The van der Waals surface area contributed by atoms with Gasteiger partial charge in [0.15, 0.2) is 0 Å². The van der Waals surface area contributed by atoms with Gasteiger partial charge in [-0.05, 0) is 54.4 Å². The zero-order chi connectivity index (χ0) is 19.5. The van der Waals surface area contributed by atoms with Crippen LogP contribution < -0.4 is 4.72 Å². The van der Waals surface area contributed by atoms with Crippen molar-refractivity contribution < 1.29 is 26.0 Å². The monoisotopic (exact) mass is 388 g/mol. The molecule has 0 saturated carbocycles. The SMILES string of the molecule is C[C@@H](CC=N)c1cccc(NS(=O)(=O)c2ccc(F)c(C(F)(F)F)c2)c1. The van der Waals surface area contributed by atoms with Gasteiger partial charge in [-0.3, -0.25) is 4.72 Å². The van der Waals surface area contributed by atoms with Crippen LogP contribution in [0.25, 0.3) is 0 Å². The predicted octanol–water partition coefficient (Wildman–Crippen LogP) is 4.79. The molecule has 1 atom stereocenters. The number of nitrogens with one attached hydrogen (secondary N) is 2. The van der Waals surface area contributed by atoms with Crippen molar-refractivity contribution in [2.24, 2.45) is 0 Å². The van der Waals surface area contributed by atoms with Gasteiger partial charge in [-0.15, -0.1) is 0 Å². The fourth-order valence-corrected chi connectivity index (χ4v) is 3.40. The molecule has 0 aromatic heterocycles. The molecular weight excluding hydrogens is 372 g/mol. The quantitative estimate of drug-likeness (QED) is 0.552. The number of alkyl halides is 3. The number of hydrogen-bond donors (Lipinski definition) is 2. The Morgan fingerprint density at radius 3 is 2.50 bits per heavy atom. The summed E-state index contributed by atoms with van der Waals surface area (Å²) in [4.78, 5) is -0.691. The number of rotatable bonds is 6. The van der Waals surface area contributed by atoms with Crippen molar-refractivity contribution in [2.75, 3.05) is 4.72 Å². The van der Waals surface area contributed by atoms with Crippen molar-refractivity contribution in [3.8, 4) is 0 Å². The van der Waals surface area contributed by atoms with Crippen LogP contribution >= 0.6 is 0 Å². The van der Waals surface area contributed by atoms with Crippen LogP contribution in [0, 0.1) is 11.2 Å². The lowest BCUT2D eigenvalue weighted by Gasteiger charge is -2.14. The third kappa shape index (κ3) is 4.60. The minimum Gasteiger partial charge on any atom is -0.313 e. The normalized spacial score (nSPS) is 13.3. The maximum absolute atomic E-state index is 13.3. The number of halogens is 4. The average Bonchev–Trinajstić information content (AvgIpc) is 2.54. The molecule has 4 nitrogen and oxygen atoms in total. The minimum atomic E-state index is -5.00. The van der Waals surface area contributed by atoms with Gasteiger partial charge >= 0.3 is 6.18 Å². The zero-order valence-electron chi connectivity index (χ0n) is 13.6. The maximum atomic E-state index is 13.3. The molecule has 0 aliphatic rings. The second kappa shape index (κ2) is 7.45. The van der Waals surface area contributed by atoms with Gasteiger partial charge in [0.25, 0.3) is 10.0 Å². The Balaban J connectivity index is 2.35. The molecular formula is C17H16F4N2O2S. The highest BCUT2D eigenvalue weighted by Crippen LogP contribution is 2.33. The van der Waals surface area contributed by atoms with Gasteiger partial charge in [0.05, 0.1) is 10.5 Å². The van der Waals surface area contributed by atoms with E-state index in [0.29, 0.717) is 12.5 Å². The lowest BCUT2D eigenvalue weighted by molar-refractivity contribution is -0.140. The van der Waals surface area contributed by atoms with E-state index < -0.39 is 32.5 Å². The molecule has 140 valence electrons. The smallest absolute Gasteiger partial charge is 0.313 e. The first kappa shape index (κ1) is 19.9. The molecule has 2 aromatic rings. The Labute approximate surface area is 148 Å². The molecule has 0 aliphatic heterocycles. The largest absolute Gasteiger partial charge is 0.419 e. The second-order valence-corrected chi connectivity index (χ2v) is 7.39. The highest BCUT2D eigenvalue weighted by Gasteiger charge is 2.35. The summed E-state index contributed by atoms with van der Waals surface area (Å²) in [6.07, 6.45) is -3.31. The van der Waals surface area contributed by atoms with Crippen molar-refractivity contribution in [3.63, 3.8) is 0 Å². The van der Waals surface area contributed by atoms with Gasteiger partial charge in [0, 0.05) is 5.69 Å². The van der Waals surface area contributed by atoms with Crippen LogP contribution in [0.15, 0.2) is 47.4 Å². The summed E-state index contributed by atoms with van der Waals surface area (Å²) >= 11 is 0. The lowest BCUT2D eigenvalue weighted by Crippen LogP contribution is -2.16. The summed E-state index contributed by atoms with van der Waals surface area (Å²) in [7, 11) is -4.33. The van der Waals surface area contributed by atoms with Gasteiger partial charge in [0.1, 0.15) is 5.82 Å². The third-order valence-electron chi connectivity index (χ3n) is 3.73. The first-order valence-electron chi connectivity index (χ1n) is 7.53. The Bertz CT molecular complexity index is 911. The van der Waals surface area contributed by atoms with Crippen molar-refractivity contribution >= 4 is 21.9 Å².